The van der Waals surface area contributed by atoms with Crippen LogP contribution in [0, 0.1) is 18.3 Å². The first kappa shape index (κ1) is 17.0. The molecular weight excluding hydrogens is 310 g/mol. The van der Waals surface area contributed by atoms with Crippen molar-refractivity contribution in [3.05, 3.63) is 59.2 Å². The number of nitriles is 1. The molecule has 0 saturated carbocycles. The molecule has 0 spiro atoms. The van der Waals surface area contributed by atoms with Gasteiger partial charge in [-0.15, -0.1) is 0 Å². The van der Waals surface area contributed by atoms with E-state index in [4.69, 9.17) is 5.26 Å². The molecule has 1 N–H and O–H groups in total. The number of carbonyl (C=O) groups excluding carboxylic acids is 1. The number of hydrogen-bond donors (Lipinski definition) is 1. The standard InChI is InChI=1S/C21H23N3O/c1-15-4-3-5-19(12-15)23-18-8-10-24(11-9-18)21-13-17(14-22)6-7-20(21)16(2)25/h3-7,12-13,18,23H,8-11H2,1-2H3. The summed E-state index contributed by atoms with van der Waals surface area (Å²) in [6, 6.07) is 16.4. The van der Waals surface area contributed by atoms with Crippen LogP contribution in [0.5, 0.6) is 0 Å². The van der Waals surface area contributed by atoms with Gasteiger partial charge < -0.3 is 10.2 Å². The molecule has 0 amide bonds. The minimum Gasteiger partial charge on any atom is -0.382 e. The minimum absolute atomic E-state index is 0.0412. The molecule has 4 nitrogen and oxygen atoms in total. The van der Waals surface area contributed by atoms with Gasteiger partial charge in [0.1, 0.15) is 0 Å². The van der Waals surface area contributed by atoms with E-state index >= 15 is 0 Å². The highest BCUT2D eigenvalue weighted by Gasteiger charge is 2.22. The zero-order valence-corrected chi connectivity index (χ0v) is 14.7. The molecule has 3 rings (SSSR count). The van der Waals surface area contributed by atoms with Crippen LogP contribution in [0.2, 0.25) is 0 Å². The van der Waals surface area contributed by atoms with E-state index < -0.39 is 0 Å². The Bertz CT molecular complexity index is 814. The summed E-state index contributed by atoms with van der Waals surface area (Å²) >= 11 is 0. The smallest absolute Gasteiger partial charge is 0.161 e. The van der Waals surface area contributed by atoms with E-state index in [1.165, 1.54) is 5.56 Å². The van der Waals surface area contributed by atoms with Crippen LogP contribution in [-0.2, 0) is 0 Å². The van der Waals surface area contributed by atoms with Gasteiger partial charge in [-0.1, -0.05) is 12.1 Å². The highest BCUT2D eigenvalue weighted by atomic mass is 16.1. The number of benzene rings is 2. The van der Waals surface area contributed by atoms with Crippen molar-refractivity contribution in [2.75, 3.05) is 23.3 Å². The average Bonchev–Trinajstić information content (AvgIpc) is 2.62. The molecule has 2 aromatic carbocycles. The fourth-order valence-corrected chi connectivity index (χ4v) is 3.40. The minimum atomic E-state index is 0.0412. The lowest BCUT2D eigenvalue weighted by Gasteiger charge is -2.35. The molecule has 1 heterocycles. The van der Waals surface area contributed by atoms with Gasteiger partial charge in [-0.2, -0.15) is 5.26 Å². The fraction of sp³-hybridized carbons (Fsp3) is 0.333. The second-order valence-electron chi connectivity index (χ2n) is 6.68. The van der Waals surface area contributed by atoms with E-state index in [1.807, 2.05) is 6.07 Å². The van der Waals surface area contributed by atoms with E-state index in [9.17, 15) is 4.79 Å². The molecule has 128 valence electrons. The molecule has 0 bridgehead atoms. The largest absolute Gasteiger partial charge is 0.382 e. The Kier molecular flexibility index (Phi) is 5.04. The third kappa shape index (κ3) is 4.00. The molecule has 2 aromatic rings. The van der Waals surface area contributed by atoms with Crippen molar-refractivity contribution < 1.29 is 4.79 Å². The molecule has 25 heavy (non-hydrogen) atoms. The normalized spacial score (nSPS) is 14.8. The Balaban J connectivity index is 1.70. The molecule has 0 atom stereocenters. The Morgan fingerprint density at radius 1 is 1.20 bits per heavy atom. The first-order valence-corrected chi connectivity index (χ1v) is 8.70. The van der Waals surface area contributed by atoms with Crippen molar-refractivity contribution in [3.63, 3.8) is 0 Å². The highest BCUT2D eigenvalue weighted by Crippen LogP contribution is 2.27. The van der Waals surface area contributed by atoms with Crippen molar-refractivity contribution in [2.45, 2.75) is 32.7 Å². The van der Waals surface area contributed by atoms with Gasteiger partial charge >= 0.3 is 0 Å². The number of piperidine rings is 1. The molecule has 0 aliphatic carbocycles. The Labute approximate surface area is 149 Å². The molecule has 4 heteroatoms. The maximum atomic E-state index is 11.9. The van der Waals surface area contributed by atoms with Gasteiger partial charge in [0.05, 0.1) is 11.6 Å². The Morgan fingerprint density at radius 2 is 1.96 bits per heavy atom. The van der Waals surface area contributed by atoms with Gasteiger partial charge in [0.25, 0.3) is 0 Å². The first-order chi connectivity index (χ1) is 12.1. The van der Waals surface area contributed by atoms with E-state index in [0.29, 0.717) is 17.2 Å². The summed E-state index contributed by atoms with van der Waals surface area (Å²) in [5, 5.41) is 12.8. The van der Waals surface area contributed by atoms with Crippen LogP contribution >= 0.6 is 0 Å². The second kappa shape index (κ2) is 7.40. The predicted octanol–water partition coefficient (Wildman–Crippen LogP) is 4.15. The van der Waals surface area contributed by atoms with Gasteiger partial charge in [-0.3, -0.25) is 4.79 Å². The van der Waals surface area contributed by atoms with Crippen LogP contribution in [0.1, 0.15) is 41.3 Å². The molecule has 0 aromatic heterocycles. The Morgan fingerprint density at radius 3 is 2.60 bits per heavy atom. The lowest BCUT2D eigenvalue weighted by atomic mass is 10.00. The number of nitrogens with zero attached hydrogens (tertiary/aromatic N) is 2. The maximum absolute atomic E-state index is 11.9. The molecular formula is C21H23N3O. The molecule has 0 unspecified atom stereocenters. The number of hydrogen-bond acceptors (Lipinski definition) is 4. The molecule has 1 aliphatic heterocycles. The SMILES string of the molecule is CC(=O)c1ccc(C#N)cc1N1CCC(Nc2cccc(C)c2)CC1. The van der Waals surface area contributed by atoms with Crippen LogP contribution in [0.25, 0.3) is 0 Å². The van der Waals surface area contributed by atoms with E-state index in [2.05, 4.69) is 47.5 Å². The van der Waals surface area contributed by atoms with E-state index in [-0.39, 0.29) is 5.78 Å². The first-order valence-electron chi connectivity index (χ1n) is 8.70. The number of anilines is 2. The second-order valence-corrected chi connectivity index (χ2v) is 6.68. The van der Waals surface area contributed by atoms with E-state index in [1.54, 1.807) is 19.1 Å². The van der Waals surface area contributed by atoms with Crippen LogP contribution < -0.4 is 10.2 Å². The maximum Gasteiger partial charge on any atom is 0.161 e. The average molecular weight is 333 g/mol. The summed E-state index contributed by atoms with van der Waals surface area (Å²) in [5.41, 5.74) is 4.60. The number of rotatable bonds is 4. The molecule has 1 saturated heterocycles. The summed E-state index contributed by atoms with van der Waals surface area (Å²) in [7, 11) is 0. The van der Waals surface area contributed by atoms with E-state index in [0.717, 1.165) is 37.3 Å². The third-order valence-electron chi connectivity index (χ3n) is 4.73. The van der Waals surface area contributed by atoms with Gasteiger partial charge in [0, 0.05) is 36.1 Å². The lowest BCUT2D eigenvalue weighted by molar-refractivity contribution is 0.101. The Hall–Kier alpha value is -2.80. The number of ketones is 1. The van der Waals surface area contributed by atoms with Crippen LogP contribution in [0.3, 0.4) is 0 Å². The summed E-state index contributed by atoms with van der Waals surface area (Å²) in [6.45, 7) is 5.42. The molecule has 0 radical (unpaired) electrons. The van der Waals surface area contributed by atoms with Gasteiger partial charge in [-0.05, 0) is 62.6 Å². The van der Waals surface area contributed by atoms with Crippen molar-refractivity contribution >= 4 is 17.2 Å². The number of Topliss-reactive ketones (excluding diaryl/α,β-unsaturated/α-hetero) is 1. The van der Waals surface area contributed by atoms with Gasteiger partial charge in [0.15, 0.2) is 5.78 Å². The van der Waals surface area contributed by atoms with Crippen LogP contribution in [0.15, 0.2) is 42.5 Å². The summed E-state index contributed by atoms with van der Waals surface area (Å²) in [5.74, 6) is 0.0412. The summed E-state index contributed by atoms with van der Waals surface area (Å²) in [4.78, 5) is 14.2. The third-order valence-corrected chi connectivity index (χ3v) is 4.73. The lowest BCUT2D eigenvalue weighted by Crippen LogP contribution is -2.39. The molecule has 1 aliphatic rings. The number of aryl methyl sites for hydroxylation is 1. The van der Waals surface area contributed by atoms with Crippen molar-refractivity contribution in [1.29, 1.82) is 5.26 Å². The fourth-order valence-electron chi connectivity index (χ4n) is 3.40. The van der Waals surface area contributed by atoms with Gasteiger partial charge in [-0.25, -0.2) is 0 Å². The quantitative estimate of drug-likeness (QED) is 0.854. The summed E-state index contributed by atoms with van der Waals surface area (Å²) < 4.78 is 0. The highest BCUT2D eigenvalue weighted by molar-refractivity contribution is 6.00. The molecule has 1 fully saturated rings. The zero-order valence-electron chi connectivity index (χ0n) is 14.7. The van der Waals surface area contributed by atoms with Crippen molar-refractivity contribution in [3.8, 4) is 6.07 Å². The topological polar surface area (TPSA) is 56.1 Å². The van der Waals surface area contributed by atoms with Gasteiger partial charge in [0.2, 0.25) is 0 Å². The number of nitrogens with one attached hydrogen (secondary N) is 1. The number of carbonyl (C=O) groups is 1. The van der Waals surface area contributed by atoms with Crippen LogP contribution in [-0.4, -0.2) is 24.9 Å². The van der Waals surface area contributed by atoms with Crippen LogP contribution in [0.4, 0.5) is 11.4 Å². The predicted molar refractivity (Wildman–Crippen MR) is 101 cm³/mol. The van der Waals surface area contributed by atoms with Crippen molar-refractivity contribution in [1.82, 2.24) is 0 Å². The zero-order chi connectivity index (χ0) is 17.8. The van der Waals surface area contributed by atoms with Crippen molar-refractivity contribution in [2.24, 2.45) is 0 Å². The summed E-state index contributed by atoms with van der Waals surface area (Å²) in [6.07, 6.45) is 2.00. The monoisotopic (exact) mass is 333 g/mol.